The van der Waals surface area contributed by atoms with E-state index in [0.717, 1.165) is 11.2 Å². The molecule has 0 saturated carbocycles. The van der Waals surface area contributed by atoms with Gasteiger partial charge in [-0.25, -0.2) is 4.99 Å². The van der Waals surface area contributed by atoms with Crippen LogP contribution in [0.5, 0.6) is 5.75 Å². The lowest BCUT2D eigenvalue weighted by Crippen LogP contribution is -2.46. The van der Waals surface area contributed by atoms with Crippen LogP contribution in [0.3, 0.4) is 0 Å². The monoisotopic (exact) mass is 434 g/mol. The molecule has 3 rings (SSSR count). The molecule has 0 amide bonds. The second-order valence-electron chi connectivity index (χ2n) is 7.38. The summed E-state index contributed by atoms with van der Waals surface area (Å²) in [5.74, 6) is -0.104. The van der Waals surface area contributed by atoms with Crippen LogP contribution in [-0.4, -0.2) is 53.0 Å². The van der Waals surface area contributed by atoms with Gasteiger partial charge in [0.15, 0.2) is 0 Å². The van der Waals surface area contributed by atoms with E-state index in [1.165, 1.54) is 25.4 Å². The summed E-state index contributed by atoms with van der Waals surface area (Å²) in [6.45, 7) is 3.50. The molecule has 0 saturated heterocycles. The summed E-state index contributed by atoms with van der Waals surface area (Å²) in [6, 6.07) is 9.56. The van der Waals surface area contributed by atoms with Gasteiger partial charge in [0.1, 0.15) is 5.75 Å². The zero-order valence-electron chi connectivity index (χ0n) is 17.8. The number of alkyl halides is 3. The first-order valence-electron chi connectivity index (χ1n) is 9.74. The van der Waals surface area contributed by atoms with Crippen LogP contribution in [-0.2, 0) is 12.1 Å². The van der Waals surface area contributed by atoms with Gasteiger partial charge in [-0.1, -0.05) is 18.2 Å². The van der Waals surface area contributed by atoms with E-state index in [0.29, 0.717) is 22.2 Å². The first-order chi connectivity index (χ1) is 14.6. The summed E-state index contributed by atoms with van der Waals surface area (Å²) >= 11 is 0. The number of hydrogen-bond acceptors (Lipinski definition) is 4. The minimum atomic E-state index is -4.98. The number of ether oxygens (including phenoxy) is 1. The van der Waals surface area contributed by atoms with Gasteiger partial charge < -0.3 is 14.7 Å². The van der Waals surface area contributed by atoms with Gasteiger partial charge in [-0.15, -0.1) is 0 Å². The van der Waals surface area contributed by atoms with E-state index in [1.54, 1.807) is 37.5 Å². The number of halogens is 3. The molecule has 1 aromatic heterocycles. The highest BCUT2D eigenvalue weighted by molar-refractivity contribution is 5.78. The number of aliphatic imine (C=N–C) groups is 1. The van der Waals surface area contributed by atoms with Crippen LogP contribution in [0.4, 0.5) is 18.9 Å². The molecule has 0 aliphatic heterocycles. The Morgan fingerprint density at radius 3 is 2.61 bits per heavy atom. The first kappa shape index (κ1) is 22.6. The molecule has 1 unspecified atom stereocenters. The molecule has 9 heteroatoms. The van der Waals surface area contributed by atoms with Crippen molar-refractivity contribution in [1.29, 1.82) is 0 Å². The third-order valence-corrected chi connectivity index (χ3v) is 5.25. The molecule has 1 atom stereocenters. The highest BCUT2D eigenvalue weighted by Gasteiger charge is 2.57. The highest BCUT2D eigenvalue weighted by Crippen LogP contribution is 2.46. The van der Waals surface area contributed by atoms with Gasteiger partial charge in [-0.3, -0.25) is 4.68 Å². The van der Waals surface area contributed by atoms with E-state index in [9.17, 15) is 18.3 Å². The Kier molecular flexibility index (Phi) is 6.26. The molecular weight excluding hydrogens is 409 g/mol. The predicted molar refractivity (Wildman–Crippen MR) is 114 cm³/mol. The van der Waals surface area contributed by atoms with Crippen LogP contribution in [0.2, 0.25) is 0 Å². The summed E-state index contributed by atoms with van der Waals surface area (Å²) in [4.78, 5) is 6.16. The van der Waals surface area contributed by atoms with Crippen molar-refractivity contribution in [3.05, 3.63) is 53.7 Å². The number of aromatic nitrogens is 2. The van der Waals surface area contributed by atoms with Crippen LogP contribution in [0.25, 0.3) is 10.9 Å². The Balaban J connectivity index is 2.12. The maximum Gasteiger partial charge on any atom is 0.423 e. The SMILES string of the molecule is CCN(C)C=Nc1cc(OC)c(C(O)(Cn2ncc3ccccc32)C(F)(F)F)cc1C. The predicted octanol–water partition coefficient (Wildman–Crippen LogP) is 4.41. The van der Waals surface area contributed by atoms with E-state index in [1.807, 2.05) is 18.9 Å². The van der Waals surface area contributed by atoms with E-state index in [-0.39, 0.29) is 11.3 Å². The molecule has 0 aliphatic rings. The van der Waals surface area contributed by atoms with Gasteiger partial charge in [0, 0.05) is 30.6 Å². The van der Waals surface area contributed by atoms with Gasteiger partial charge in [0.2, 0.25) is 5.60 Å². The Hall–Kier alpha value is -3.07. The number of hydrogen-bond donors (Lipinski definition) is 1. The van der Waals surface area contributed by atoms with Crippen molar-refractivity contribution < 1.29 is 23.0 Å². The van der Waals surface area contributed by atoms with Crippen LogP contribution in [0, 0.1) is 6.92 Å². The van der Waals surface area contributed by atoms with Gasteiger partial charge in [-0.05, 0) is 31.5 Å². The number of methoxy groups -OCH3 is 1. The van der Waals surface area contributed by atoms with Crippen LogP contribution < -0.4 is 4.74 Å². The quantitative estimate of drug-likeness (QED) is 0.442. The number of para-hydroxylation sites is 1. The summed E-state index contributed by atoms with van der Waals surface area (Å²) in [6.07, 6.45) is -1.92. The molecule has 0 radical (unpaired) electrons. The van der Waals surface area contributed by atoms with Gasteiger partial charge in [0.05, 0.1) is 37.4 Å². The maximum absolute atomic E-state index is 14.2. The Labute approximate surface area is 178 Å². The lowest BCUT2D eigenvalue weighted by Gasteiger charge is -2.32. The molecule has 1 N–H and O–H groups in total. The van der Waals surface area contributed by atoms with E-state index in [4.69, 9.17) is 4.74 Å². The van der Waals surface area contributed by atoms with Gasteiger partial charge in [-0.2, -0.15) is 18.3 Å². The molecular formula is C22H25F3N4O2. The maximum atomic E-state index is 14.2. The fraction of sp³-hybridized carbons (Fsp3) is 0.364. The third-order valence-electron chi connectivity index (χ3n) is 5.25. The minimum absolute atomic E-state index is 0.104. The van der Waals surface area contributed by atoms with Crippen molar-refractivity contribution in [2.75, 3.05) is 20.7 Å². The van der Waals surface area contributed by atoms with Gasteiger partial charge in [0.25, 0.3) is 0 Å². The highest BCUT2D eigenvalue weighted by atomic mass is 19.4. The first-order valence-corrected chi connectivity index (χ1v) is 9.74. The number of fused-ring (bicyclic) bond motifs is 1. The molecule has 1 heterocycles. The fourth-order valence-electron chi connectivity index (χ4n) is 3.25. The number of benzene rings is 2. The number of nitrogens with zero attached hydrogens (tertiary/aromatic N) is 4. The summed E-state index contributed by atoms with van der Waals surface area (Å²) in [5.41, 5.74) is -2.19. The standard InChI is InChI=1S/C22H25F3N4O2/c1-5-28(3)14-26-18-11-20(31-4)17(10-15(18)2)21(30,22(23,24)25)13-29-19-9-7-6-8-16(19)12-27-29/h6-12,14,30H,5,13H2,1-4H3. The zero-order valence-corrected chi connectivity index (χ0v) is 17.8. The molecule has 0 spiro atoms. The van der Waals surface area contributed by atoms with E-state index < -0.39 is 18.3 Å². The van der Waals surface area contributed by atoms with E-state index >= 15 is 0 Å². The van der Waals surface area contributed by atoms with Crippen molar-refractivity contribution in [3.8, 4) is 5.75 Å². The van der Waals surface area contributed by atoms with E-state index in [2.05, 4.69) is 10.1 Å². The number of aliphatic hydroxyl groups is 1. The zero-order chi connectivity index (χ0) is 22.8. The fourth-order valence-corrected chi connectivity index (χ4v) is 3.25. The molecule has 0 fully saturated rings. The summed E-state index contributed by atoms with van der Waals surface area (Å²) in [7, 11) is 3.10. The molecule has 166 valence electrons. The van der Waals surface area contributed by atoms with Crippen LogP contribution in [0.15, 0.2) is 47.6 Å². The van der Waals surface area contributed by atoms with Crippen LogP contribution >= 0.6 is 0 Å². The average molecular weight is 434 g/mol. The minimum Gasteiger partial charge on any atom is -0.496 e. The molecule has 31 heavy (non-hydrogen) atoms. The number of rotatable bonds is 7. The third kappa shape index (κ3) is 4.36. The topological polar surface area (TPSA) is 62.9 Å². The normalized spacial score (nSPS) is 14.2. The van der Waals surface area contributed by atoms with Gasteiger partial charge >= 0.3 is 6.18 Å². The second kappa shape index (κ2) is 8.58. The Bertz CT molecular complexity index is 1090. The molecule has 0 bridgehead atoms. The average Bonchev–Trinajstić information content (AvgIpc) is 3.14. The molecule has 3 aromatic rings. The van der Waals surface area contributed by atoms with Crippen LogP contribution in [0.1, 0.15) is 18.1 Å². The summed E-state index contributed by atoms with van der Waals surface area (Å²) in [5, 5.41) is 15.8. The van der Waals surface area contributed by atoms with Crippen molar-refractivity contribution in [3.63, 3.8) is 0 Å². The molecule has 6 nitrogen and oxygen atoms in total. The van der Waals surface area contributed by atoms with Crippen molar-refractivity contribution in [2.45, 2.75) is 32.2 Å². The lowest BCUT2D eigenvalue weighted by atomic mass is 9.90. The molecule has 0 aliphatic carbocycles. The van der Waals surface area contributed by atoms with Crippen molar-refractivity contribution in [2.24, 2.45) is 4.99 Å². The number of aryl methyl sites for hydroxylation is 1. The lowest BCUT2D eigenvalue weighted by molar-refractivity contribution is -0.272. The smallest absolute Gasteiger partial charge is 0.423 e. The molecule has 2 aromatic carbocycles. The Morgan fingerprint density at radius 2 is 1.97 bits per heavy atom. The summed E-state index contributed by atoms with van der Waals surface area (Å²) < 4.78 is 49.1. The Morgan fingerprint density at radius 1 is 1.26 bits per heavy atom. The van der Waals surface area contributed by atoms with Crippen molar-refractivity contribution in [1.82, 2.24) is 14.7 Å². The largest absolute Gasteiger partial charge is 0.496 e. The van der Waals surface area contributed by atoms with Crippen molar-refractivity contribution >= 4 is 22.9 Å². The second-order valence-corrected chi connectivity index (χ2v) is 7.38.